The largest absolute Gasteiger partial charge is 0.423 e. The number of rotatable bonds is 1. The van der Waals surface area contributed by atoms with Gasteiger partial charge >= 0.3 is 17.6 Å². The fourth-order valence-corrected chi connectivity index (χ4v) is 2.13. The quantitative estimate of drug-likeness (QED) is 0.347. The summed E-state index contributed by atoms with van der Waals surface area (Å²) in [6.45, 7) is 2.97. The Labute approximate surface area is 124 Å². The summed E-state index contributed by atoms with van der Waals surface area (Å²) in [6.07, 6.45) is 1.38. The zero-order chi connectivity index (χ0) is 15.9. The third-order valence-corrected chi connectivity index (χ3v) is 3.07. The summed E-state index contributed by atoms with van der Waals surface area (Å²) < 4.78 is 15.1. The minimum absolute atomic E-state index is 0.184. The highest BCUT2D eigenvalue weighted by atomic mass is 16.7. The Bertz CT molecular complexity index is 850. The maximum absolute atomic E-state index is 11.9. The average Bonchev–Trinajstić information content (AvgIpc) is 2.42. The Hall–Kier alpha value is -2.89. The van der Waals surface area contributed by atoms with Crippen molar-refractivity contribution in [1.29, 1.82) is 0 Å². The van der Waals surface area contributed by atoms with Crippen LogP contribution in [0.25, 0.3) is 17.0 Å². The molecule has 2 aromatic rings. The number of cyclic esters (lactones) is 2. The van der Waals surface area contributed by atoms with Gasteiger partial charge in [0.25, 0.3) is 5.79 Å². The average molecular weight is 300 g/mol. The van der Waals surface area contributed by atoms with Crippen LogP contribution in [0.3, 0.4) is 0 Å². The van der Waals surface area contributed by atoms with E-state index in [1.165, 1.54) is 26.0 Å². The second-order valence-electron chi connectivity index (χ2n) is 5.29. The lowest BCUT2D eigenvalue weighted by Gasteiger charge is -2.29. The Morgan fingerprint density at radius 1 is 0.955 bits per heavy atom. The number of carbonyl (C=O) groups excluding carboxylic acids is 2. The molecule has 0 unspecified atom stereocenters. The van der Waals surface area contributed by atoms with E-state index in [2.05, 4.69) is 0 Å². The molecule has 1 aliphatic rings. The second kappa shape index (κ2) is 4.84. The van der Waals surface area contributed by atoms with Crippen LogP contribution in [0, 0.1) is 0 Å². The van der Waals surface area contributed by atoms with Crippen molar-refractivity contribution in [1.82, 2.24) is 0 Å². The van der Waals surface area contributed by atoms with Gasteiger partial charge in [0.1, 0.15) is 11.2 Å². The van der Waals surface area contributed by atoms with Crippen molar-refractivity contribution in [3.05, 3.63) is 51.9 Å². The number of esters is 2. The van der Waals surface area contributed by atoms with Crippen LogP contribution in [0.5, 0.6) is 0 Å². The van der Waals surface area contributed by atoms with Gasteiger partial charge in [-0.25, -0.2) is 14.4 Å². The summed E-state index contributed by atoms with van der Waals surface area (Å²) in [5.41, 5.74) is 0.380. The third kappa shape index (κ3) is 2.63. The summed E-state index contributed by atoms with van der Waals surface area (Å²) in [7, 11) is 0. The van der Waals surface area contributed by atoms with Gasteiger partial charge < -0.3 is 13.9 Å². The summed E-state index contributed by atoms with van der Waals surface area (Å²) in [5, 5.41) is 0.673. The normalized spacial score (nSPS) is 17.1. The maximum Gasteiger partial charge on any atom is 0.348 e. The molecule has 6 heteroatoms. The monoisotopic (exact) mass is 300 g/mol. The molecule has 0 N–H and O–H groups in total. The standard InChI is InChI=1S/C16H12O6/c1-16(2)21-14(18)11(15(19)22-16)8-9-3-5-12-10(7-9)4-6-13(17)20-12/h3-8H,1-2H3. The molecular weight excluding hydrogens is 288 g/mol. The van der Waals surface area contributed by atoms with Crippen molar-refractivity contribution in [2.24, 2.45) is 0 Å². The van der Waals surface area contributed by atoms with Crippen LogP contribution in [-0.2, 0) is 19.1 Å². The first-order valence-electron chi connectivity index (χ1n) is 6.56. The van der Waals surface area contributed by atoms with Gasteiger partial charge in [0.15, 0.2) is 0 Å². The molecule has 22 heavy (non-hydrogen) atoms. The molecule has 0 aliphatic carbocycles. The first kappa shape index (κ1) is 14.1. The first-order chi connectivity index (χ1) is 10.3. The number of benzene rings is 1. The molecule has 2 heterocycles. The van der Waals surface area contributed by atoms with Crippen molar-refractivity contribution in [2.45, 2.75) is 19.6 Å². The van der Waals surface area contributed by atoms with E-state index in [-0.39, 0.29) is 5.57 Å². The van der Waals surface area contributed by atoms with E-state index in [9.17, 15) is 14.4 Å². The highest BCUT2D eigenvalue weighted by Gasteiger charge is 2.38. The molecule has 0 atom stereocenters. The third-order valence-electron chi connectivity index (χ3n) is 3.07. The Morgan fingerprint density at radius 3 is 2.32 bits per heavy atom. The molecule has 1 fully saturated rings. The fraction of sp³-hybridized carbons (Fsp3) is 0.188. The van der Waals surface area contributed by atoms with Crippen molar-refractivity contribution in [3.8, 4) is 0 Å². The van der Waals surface area contributed by atoms with Gasteiger partial charge in [0.05, 0.1) is 0 Å². The molecule has 0 bridgehead atoms. The van der Waals surface area contributed by atoms with Gasteiger partial charge in [-0.05, 0) is 29.8 Å². The van der Waals surface area contributed by atoms with Gasteiger partial charge in [-0.15, -0.1) is 0 Å². The zero-order valence-electron chi connectivity index (χ0n) is 11.9. The van der Waals surface area contributed by atoms with Gasteiger partial charge in [0, 0.05) is 25.3 Å². The molecule has 0 spiro atoms. The van der Waals surface area contributed by atoms with Crippen molar-refractivity contribution in [3.63, 3.8) is 0 Å². The fourth-order valence-electron chi connectivity index (χ4n) is 2.13. The van der Waals surface area contributed by atoms with Crippen molar-refractivity contribution >= 4 is 29.0 Å². The zero-order valence-corrected chi connectivity index (χ0v) is 11.9. The van der Waals surface area contributed by atoms with Gasteiger partial charge in [0.2, 0.25) is 0 Å². The smallest absolute Gasteiger partial charge is 0.348 e. The highest BCUT2D eigenvalue weighted by Crippen LogP contribution is 2.25. The lowest BCUT2D eigenvalue weighted by atomic mass is 10.1. The van der Waals surface area contributed by atoms with E-state index in [1.54, 1.807) is 24.3 Å². The minimum atomic E-state index is -1.27. The van der Waals surface area contributed by atoms with E-state index in [0.29, 0.717) is 16.5 Å². The number of hydrogen-bond acceptors (Lipinski definition) is 6. The Kier molecular flexibility index (Phi) is 3.09. The second-order valence-corrected chi connectivity index (χ2v) is 5.29. The lowest BCUT2D eigenvalue weighted by Crippen LogP contribution is -2.41. The van der Waals surface area contributed by atoms with Crippen LogP contribution in [-0.4, -0.2) is 17.7 Å². The molecule has 112 valence electrons. The topological polar surface area (TPSA) is 82.8 Å². The maximum atomic E-state index is 11.9. The predicted octanol–water partition coefficient (Wildman–Crippen LogP) is 2.01. The lowest BCUT2D eigenvalue weighted by molar-refractivity contribution is -0.222. The molecule has 0 radical (unpaired) electrons. The van der Waals surface area contributed by atoms with Crippen LogP contribution in [0.2, 0.25) is 0 Å². The van der Waals surface area contributed by atoms with Gasteiger partial charge in [-0.1, -0.05) is 6.07 Å². The Balaban J connectivity index is 2.01. The first-order valence-corrected chi connectivity index (χ1v) is 6.56. The number of hydrogen-bond donors (Lipinski definition) is 0. The number of fused-ring (bicyclic) bond motifs is 1. The molecule has 1 saturated heterocycles. The van der Waals surface area contributed by atoms with Gasteiger partial charge in [-0.2, -0.15) is 0 Å². The Morgan fingerprint density at radius 2 is 1.64 bits per heavy atom. The van der Waals surface area contributed by atoms with Crippen LogP contribution >= 0.6 is 0 Å². The molecule has 1 aromatic heterocycles. The summed E-state index contributed by atoms with van der Waals surface area (Å²) >= 11 is 0. The molecule has 1 aliphatic heterocycles. The van der Waals surface area contributed by atoms with Crippen LogP contribution in [0.4, 0.5) is 0 Å². The number of ether oxygens (including phenoxy) is 2. The minimum Gasteiger partial charge on any atom is -0.423 e. The van der Waals surface area contributed by atoms with Crippen LogP contribution in [0.15, 0.2) is 45.1 Å². The molecule has 1 aromatic carbocycles. The van der Waals surface area contributed by atoms with Crippen LogP contribution in [0.1, 0.15) is 19.4 Å². The SMILES string of the molecule is CC1(C)OC(=O)C(=Cc2ccc3oc(=O)ccc3c2)C(=O)O1. The molecule has 0 saturated carbocycles. The van der Waals surface area contributed by atoms with E-state index in [0.717, 1.165) is 0 Å². The van der Waals surface area contributed by atoms with E-state index in [1.807, 2.05) is 0 Å². The van der Waals surface area contributed by atoms with Crippen molar-refractivity contribution in [2.75, 3.05) is 0 Å². The van der Waals surface area contributed by atoms with Gasteiger partial charge in [-0.3, -0.25) is 0 Å². The predicted molar refractivity (Wildman–Crippen MR) is 76.7 cm³/mol. The van der Waals surface area contributed by atoms with Crippen LogP contribution < -0.4 is 5.63 Å². The van der Waals surface area contributed by atoms with E-state index in [4.69, 9.17) is 13.9 Å². The van der Waals surface area contributed by atoms with E-state index < -0.39 is 23.4 Å². The molecular formula is C16H12O6. The summed E-state index contributed by atoms with van der Waals surface area (Å²) in [4.78, 5) is 34.9. The number of carbonyl (C=O) groups is 2. The summed E-state index contributed by atoms with van der Waals surface area (Å²) in [5.74, 6) is -2.74. The van der Waals surface area contributed by atoms with Crippen molar-refractivity contribution < 1.29 is 23.5 Å². The molecule has 3 rings (SSSR count). The molecule has 0 amide bonds. The van der Waals surface area contributed by atoms with E-state index >= 15 is 0 Å². The molecule has 6 nitrogen and oxygen atoms in total. The summed E-state index contributed by atoms with van der Waals surface area (Å²) in [6, 6.07) is 7.80. The highest BCUT2D eigenvalue weighted by molar-refractivity contribution is 6.19.